The molecule has 5 nitrogen and oxygen atoms in total. The standard InChI is InChI=1S/C20H22ClN3O2/c21-16-3-5-17(6-4-16)23-20(25)26-19-15-7-10-24(11-8-15)18(19)12-14-2-1-9-22-13-14/h1-6,9,13,15,18-19H,7-8,10-12H2,(H,23,25)/t18-,19-/m0/s1. The van der Waals surface area contributed by atoms with Gasteiger partial charge in [-0.3, -0.25) is 15.2 Å². The predicted octanol–water partition coefficient (Wildman–Crippen LogP) is 3.99. The number of nitrogens with zero attached hydrogens (tertiary/aromatic N) is 2. The van der Waals surface area contributed by atoms with Crippen LogP contribution in [0.3, 0.4) is 0 Å². The van der Waals surface area contributed by atoms with Gasteiger partial charge < -0.3 is 4.74 Å². The van der Waals surface area contributed by atoms with Crippen LogP contribution in [-0.4, -0.2) is 41.2 Å². The van der Waals surface area contributed by atoms with E-state index in [0.717, 1.165) is 32.4 Å². The van der Waals surface area contributed by atoms with Crippen molar-refractivity contribution in [1.29, 1.82) is 0 Å². The zero-order chi connectivity index (χ0) is 17.9. The Labute approximate surface area is 158 Å². The Balaban J connectivity index is 1.45. The number of halogens is 1. The van der Waals surface area contributed by atoms with E-state index in [1.165, 1.54) is 5.56 Å². The molecule has 0 unspecified atom stereocenters. The highest BCUT2D eigenvalue weighted by molar-refractivity contribution is 6.30. The second-order valence-corrected chi connectivity index (χ2v) is 7.44. The maximum Gasteiger partial charge on any atom is 0.411 e. The van der Waals surface area contributed by atoms with E-state index in [2.05, 4.69) is 21.3 Å². The Kier molecular flexibility index (Phi) is 5.09. The van der Waals surface area contributed by atoms with Gasteiger partial charge in [0, 0.05) is 29.0 Å². The quantitative estimate of drug-likeness (QED) is 0.882. The molecule has 1 amide bonds. The van der Waals surface area contributed by atoms with Crippen LogP contribution in [0.25, 0.3) is 0 Å². The summed E-state index contributed by atoms with van der Waals surface area (Å²) in [6, 6.07) is 11.3. The molecule has 26 heavy (non-hydrogen) atoms. The lowest BCUT2D eigenvalue weighted by atomic mass is 9.78. The highest BCUT2D eigenvalue weighted by Gasteiger charge is 2.44. The molecule has 0 spiro atoms. The van der Waals surface area contributed by atoms with Gasteiger partial charge in [-0.15, -0.1) is 0 Å². The zero-order valence-corrected chi connectivity index (χ0v) is 15.2. The largest absolute Gasteiger partial charge is 0.444 e. The van der Waals surface area contributed by atoms with Gasteiger partial charge in [-0.1, -0.05) is 17.7 Å². The van der Waals surface area contributed by atoms with Crippen molar-refractivity contribution in [2.75, 3.05) is 18.4 Å². The summed E-state index contributed by atoms with van der Waals surface area (Å²) >= 11 is 5.89. The Morgan fingerprint density at radius 1 is 1.23 bits per heavy atom. The number of anilines is 1. The van der Waals surface area contributed by atoms with Crippen molar-refractivity contribution < 1.29 is 9.53 Å². The molecule has 0 aliphatic carbocycles. The van der Waals surface area contributed by atoms with Crippen molar-refractivity contribution in [3.63, 3.8) is 0 Å². The van der Waals surface area contributed by atoms with E-state index in [9.17, 15) is 4.79 Å². The highest BCUT2D eigenvalue weighted by Crippen LogP contribution is 2.36. The van der Waals surface area contributed by atoms with Crippen molar-refractivity contribution in [2.24, 2.45) is 5.92 Å². The van der Waals surface area contributed by atoms with Crippen LogP contribution in [0.5, 0.6) is 0 Å². The predicted molar refractivity (Wildman–Crippen MR) is 101 cm³/mol. The van der Waals surface area contributed by atoms with Gasteiger partial charge in [-0.2, -0.15) is 0 Å². The lowest BCUT2D eigenvalue weighted by molar-refractivity contribution is -0.0741. The van der Waals surface area contributed by atoms with Crippen molar-refractivity contribution in [2.45, 2.75) is 31.4 Å². The minimum Gasteiger partial charge on any atom is -0.444 e. The van der Waals surface area contributed by atoms with Gasteiger partial charge in [0.25, 0.3) is 0 Å². The fourth-order valence-corrected chi connectivity index (χ4v) is 4.21. The van der Waals surface area contributed by atoms with E-state index in [1.54, 1.807) is 30.5 Å². The van der Waals surface area contributed by atoms with Gasteiger partial charge in [0.2, 0.25) is 0 Å². The normalized spacial score (nSPS) is 27.1. The third-order valence-corrected chi connectivity index (χ3v) is 5.64. The second kappa shape index (κ2) is 7.64. The van der Waals surface area contributed by atoms with Gasteiger partial charge in [0.05, 0.1) is 6.04 Å². The number of hydrogen-bond donors (Lipinski definition) is 1. The first kappa shape index (κ1) is 17.3. The third kappa shape index (κ3) is 3.84. The SMILES string of the molecule is O=C(Nc1ccc(Cl)cc1)O[C@H]1C2CCN(CC2)[C@H]1Cc1cccnc1. The van der Waals surface area contributed by atoms with E-state index >= 15 is 0 Å². The number of nitrogens with one attached hydrogen (secondary N) is 1. The fraction of sp³-hybridized carbons (Fsp3) is 0.400. The molecule has 4 heterocycles. The molecule has 0 saturated carbocycles. The Morgan fingerprint density at radius 3 is 2.69 bits per heavy atom. The van der Waals surface area contributed by atoms with Crippen LogP contribution in [0.1, 0.15) is 18.4 Å². The summed E-state index contributed by atoms with van der Waals surface area (Å²) in [5, 5.41) is 3.45. The van der Waals surface area contributed by atoms with Gasteiger partial charge >= 0.3 is 6.09 Å². The molecule has 2 atom stereocenters. The maximum atomic E-state index is 12.4. The molecule has 3 aliphatic heterocycles. The van der Waals surface area contributed by atoms with Crippen LogP contribution in [0.2, 0.25) is 5.02 Å². The average molecular weight is 372 g/mol. The Hall–Kier alpha value is -2.11. The zero-order valence-electron chi connectivity index (χ0n) is 14.5. The number of carbonyl (C=O) groups is 1. The van der Waals surface area contributed by atoms with Crippen molar-refractivity contribution in [1.82, 2.24) is 9.88 Å². The molecule has 1 aromatic heterocycles. The smallest absolute Gasteiger partial charge is 0.411 e. The van der Waals surface area contributed by atoms with Crippen LogP contribution in [0, 0.1) is 5.92 Å². The number of hydrogen-bond acceptors (Lipinski definition) is 4. The number of carbonyl (C=O) groups excluding carboxylic acids is 1. The van der Waals surface area contributed by atoms with Gasteiger partial charge in [-0.05, 0) is 68.2 Å². The first-order valence-electron chi connectivity index (χ1n) is 9.05. The van der Waals surface area contributed by atoms with Crippen molar-refractivity contribution in [3.05, 3.63) is 59.4 Å². The number of aromatic nitrogens is 1. The van der Waals surface area contributed by atoms with Crippen molar-refractivity contribution >= 4 is 23.4 Å². The molecule has 2 bridgehead atoms. The number of pyridine rings is 1. The summed E-state index contributed by atoms with van der Waals surface area (Å²) in [5.74, 6) is 0.428. The van der Waals surface area contributed by atoms with Crippen LogP contribution < -0.4 is 5.32 Å². The summed E-state index contributed by atoms with van der Waals surface area (Å²) in [6.45, 7) is 2.16. The molecule has 3 saturated heterocycles. The first-order chi connectivity index (χ1) is 12.7. The van der Waals surface area contributed by atoms with Gasteiger partial charge in [0.15, 0.2) is 0 Å². The van der Waals surface area contributed by atoms with Crippen LogP contribution in [0.15, 0.2) is 48.8 Å². The number of fused-ring (bicyclic) bond motifs is 3. The molecule has 2 aromatic rings. The molecular formula is C20H22ClN3O2. The van der Waals surface area contributed by atoms with E-state index in [1.807, 2.05) is 12.3 Å². The maximum absolute atomic E-state index is 12.4. The summed E-state index contributed by atoms with van der Waals surface area (Å²) in [7, 11) is 0. The fourth-order valence-electron chi connectivity index (χ4n) is 4.09. The molecule has 3 aliphatic rings. The van der Waals surface area contributed by atoms with E-state index in [-0.39, 0.29) is 12.1 Å². The lowest BCUT2D eigenvalue weighted by Crippen LogP contribution is -2.60. The topological polar surface area (TPSA) is 54.5 Å². The molecule has 3 fully saturated rings. The monoisotopic (exact) mass is 371 g/mol. The summed E-state index contributed by atoms with van der Waals surface area (Å²) in [4.78, 5) is 19.1. The minimum absolute atomic E-state index is 0.0926. The number of benzene rings is 1. The van der Waals surface area contributed by atoms with Crippen LogP contribution in [-0.2, 0) is 11.2 Å². The van der Waals surface area contributed by atoms with E-state index in [0.29, 0.717) is 16.6 Å². The third-order valence-electron chi connectivity index (χ3n) is 5.39. The average Bonchev–Trinajstić information content (AvgIpc) is 2.67. The summed E-state index contributed by atoms with van der Waals surface area (Å²) < 4.78 is 5.90. The number of piperidine rings is 3. The highest BCUT2D eigenvalue weighted by atomic mass is 35.5. The number of amides is 1. The molecule has 136 valence electrons. The number of rotatable bonds is 4. The van der Waals surface area contributed by atoms with Crippen LogP contribution >= 0.6 is 11.6 Å². The summed E-state index contributed by atoms with van der Waals surface area (Å²) in [6.07, 6.45) is 6.21. The summed E-state index contributed by atoms with van der Waals surface area (Å²) in [5.41, 5.74) is 1.86. The Bertz CT molecular complexity index is 745. The molecule has 5 rings (SSSR count). The minimum atomic E-state index is -0.401. The van der Waals surface area contributed by atoms with Crippen molar-refractivity contribution in [3.8, 4) is 0 Å². The second-order valence-electron chi connectivity index (χ2n) is 7.01. The van der Waals surface area contributed by atoms with Gasteiger partial charge in [-0.25, -0.2) is 4.79 Å². The Morgan fingerprint density at radius 2 is 2.00 bits per heavy atom. The molecular weight excluding hydrogens is 350 g/mol. The van der Waals surface area contributed by atoms with E-state index < -0.39 is 6.09 Å². The molecule has 1 aromatic carbocycles. The lowest BCUT2D eigenvalue weighted by Gasteiger charge is -2.50. The first-order valence-corrected chi connectivity index (χ1v) is 9.43. The van der Waals surface area contributed by atoms with Crippen LogP contribution in [0.4, 0.5) is 10.5 Å². The number of ether oxygens (including phenoxy) is 1. The van der Waals surface area contributed by atoms with E-state index in [4.69, 9.17) is 16.3 Å². The van der Waals surface area contributed by atoms with Gasteiger partial charge in [0.1, 0.15) is 6.10 Å². The molecule has 0 radical (unpaired) electrons. The molecule has 6 heteroatoms. The molecule has 1 N–H and O–H groups in total.